The van der Waals surface area contributed by atoms with Crippen LogP contribution in [0.5, 0.6) is 0 Å². The number of nitrogens with zero attached hydrogens (tertiary/aromatic N) is 1. The fourth-order valence-electron chi connectivity index (χ4n) is 2.82. The SMILES string of the molecule is Cc1c(C)c(C)c(S(=O)(=O)N2CC(CO)C2)c(C)c1C. The second kappa shape index (κ2) is 5.13. The third-order valence-electron chi connectivity index (χ3n) is 4.71. The molecule has 0 saturated carbocycles. The molecule has 1 aromatic carbocycles. The quantitative estimate of drug-likeness (QED) is 0.926. The van der Waals surface area contributed by atoms with Crippen LogP contribution in [0.2, 0.25) is 0 Å². The molecule has 0 unspecified atom stereocenters. The van der Waals surface area contributed by atoms with Gasteiger partial charge in [-0.25, -0.2) is 8.42 Å². The normalized spacial score (nSPS) is 17.3. The third-order valence-corrected chi connectivity index (χ3v) is 6.82. The van der Waals surface area contributed by atoms with E-state index in [9.17, 15) is 8.42 Å². The smallest absolute Gasteiger partial charge is 0.243 e. The number of benzene rings is 1. The Morgan fingerprint density at radius 2 is 1.35 bits per heavy atom. The molecule has 20 heavy (non-hydrogen) atoms. The summed E-state index contributed by atoms with van der Waals surface area (Å²) in [5.41, 5.74) is 4.95. The van der Waals surface area contributed by atoms with Crippen LogP contribution < -0.4 is 0 Å². The zero-order valence-electron chi connectivity index (χ0n) is 12.8. The maximum Gasteiger partial charge on any atom is 0.243 e. The lowest BCUT2D eigenvalue weighted by Crippen LogP contribution is -2.51. The Bertz CT molecular complexity index is 615. The molecule has 1 N–H and O–H groups in total. The van der Waals surface area contributed by atoms with Gasteiger partial charge >= 0.3 is 0 Å². The summed E-state index contributed by atoms with van der Waals surface area (Å²) < 4.78 is 27.0. The molecule has 2 rings (SSSR count). The second-order valence-electron chi connectivity index (χ2n) is 5.82. The lowest BCUT2D eigenvalue weighted by molar-refractivity contribution is 0.117. The molecule has 0 bridgehead atoms. The van der Waals surface area contributed by atoms with E-state index in [2.05, 4.69) is 0 Å². The summed E-state index contributed by atoms with van der Waals surface area (Å²) in [6.45, 7) is 10.6. The van der Waals surface area contributed by atoms with Crippen LogP contribution in [0.25, 0.3) is 0 Å². The van der Waals surface area contributed by atoms with Crippen molar-refractivity contribution in [1.82, 2.24) is 4.31 Å². The predicted molar refractivity (Wildman–Crippen MR) is 79.5 cm³/mol. The fourth-order valence-corrected chi connectivity index (χ4v) is 4.97. The van der Waals surface area contributed by atoms with Gasteiger partial charge in [-0.1, -0.05) is 0 Å². The van der Waals surface area contributed by atoms with Crippen LogP contribution in [-0.4, -0.2) is 37.5 Å². The van der Waals surface area contributed by atoms with Crippen molar-refractivity contribution in [2.45, 2.75) is 39.5 Å². The van der Waals surface area contributed by atoms with Crippen molar-refractivity contribution >= 4 is 10.0 Å². The van der Waals surface area contributed by atoms with Crippen LogP contribution in [0.1, 0.15) is 27.8 Å². The molecule has 1 saturated heterocycles. The first-order valence-electron chi connectivity index (χ1n) is 6.89. The molecule has 1 fully saturated rings. The van der Waals surface area contributed by atoms with E-state index < -0.39 is 10.0 Å². The van der Waals surface area contributed by atoms with Crippen LogP contribution in [-0.2, 0) is 10.0 Å². The van der Waals surface area contributed by atoms with Crippen LogP contribution in [0, 0.1) is 40.5 Å². The molecule has 1 aliphatic heterocycles. The summed E-state index contributed by atoms with van der Waals surface area (Å²) >= 11 is 0. The average molecular weight is 297 g/mol. The Kier molecular flexibility index (Phi) is 3.97. The molecular weight excluding hydrogens is 274 g/mol. The van der Waals surface area contributed by atoms with Crippen LogP contribution in [0.3, 0.4) is 0 Å². The first-order chi connectivity index (χ1) is 9.21. The van der Waals surface area contributed by atoms with Gasteiger partial charge in [0.1, 0.15) is 0 Å². The zero-order valence-corrected chi connectivity index (χ0v) is 13.6. The molecule has 1 aromatic rings. The largest absolute Gasteiger partial charge is 0.396 e. The number of sulfonamides is 1. The number of hydrogen-bond donors (Lipinski definition) is 1. The summed E-state index contributed by atoms with van der Waals surface area (Å²) in [6, 6.07) is 0. The summed E-state index contributed by atoms with van der Waals surface area (Å²) in [4.78, 5) is 0.453. The fraction of sp³-hybridized carbons (Fsp3) is 0.600. The molecule has 5 heteroatoms. The Hall–Kier alpha value is -0.910. The van der Waals surface area contributed by atoms with Gasteiger partial charge in [0.2, 0.25) is 10.0 Å². The molecule has 0 aromatic heterocycles. The lowest BCUT2D eigenvalue weighted by Gasteiger charge is -2.38. The standard InChI is InChI=1S/C15H23NO3S/c1-9-10(2)12(4)15(13(5)11(9)3)20(18,19)16-6-14(7-16)8-17/h14,17H,6-8H2,1-5H3. The minimum absolute atomic E-state index is 0.0515. The molecule has 1 heterocycles. The average Bonchev–Trinajstić information content (AvgIpc) is 2.32. The van der Waals surface area contributed by atoms with E-state index in [0.717, 1.165) is 27.8 Å². The van der Waals surface area contributed by atoms with Crippen molar-refractivity contribution in [2.24, 2.45) is 5.92 Å². The van der Waals surface area contributed by atoms with Gasteiger partial charge in [0.15, 0.2) is 0 Å². The molecule has 0 radical (unpaired) electrons. The highest BCUT2D eigenvalue weighted by molar-refractivity contribution is 7.89. The van der Waals surface area contributed by atoms with Crippen molar-refractivity contribution in [3.63, 3.8) is 0 Å². The molecule has 1 aliphatic rings. The maximum atomic E-state index is 12.8. The Balaban J connectivity index is 2.54. The lowest BCUT2D eigenvalue weighted by atomic mass is 9.95. The van der Waals surface area contributed by atoms with E-state index in [4.69, 9.17) is 5.11 Å². The molecular formula is C15H23NO3S. The minimum Gasteiger partial charge on any atom is -0.396 e. The molecule has 4 nitrogen and oxygen atoms in total. The van der Waals surface area contributed by atoms with Crippen LogP contribution in [0.4, 0.5) is 0 Å². The van der Waals surface area contributed by atoms with Gasteiger partial charge in [0.25, 0.3) is 0 Å². The highest BCUT2D eigenvalue weighted by Crippen LogP contribution is 2.33. The summed E-state index contributed by atoms with van der Waals surface area (Å²) in [7, 11) is -3.45. The molecule has 112 valence electrons. The Labute approximate surface area is 121 Å². The van der Waals surface area contributed by atoms with E-state index in [-0.39, 0.29) is 12.5 Å². The first kappa shape index (κ1) is 15.5. The Morgan fingerprint density at radius 1 is 0.950 bits per heavy atom. The van der Waals surface area contributed by atoms with Crippen LogP contribution >= 0.6 is 0 Å². The highest BCUT2D eigenvalue weighted by atomic mass is 32.2. The molecule has 0 atom stereocenters. The van der Waals surface area contributed by atoms with E-state index in [1.807, 2.05) is 34.6 Å². The van der Waals surface area contributed by atoms with Gasteiger partial charge in [0, 0.05) is 25.6 Å². The van der Waals surface area contributed by atoms with Crippen LogP contribution in [0.15, 0.2) is 4.90 Å². The van der Waals surface area contributed by atoms with Crippen molar-refractivity contribution < 1.29 is 13.5 Å². The number of aliphatic hydroxyl groups excluding tert-OH is 1. The molecule has 0 aliphatic carbocycles. The monoisotopic (exact) mass is 297 g/mol. The summed E-state index contributed by atoms with van der Waals surface area (Å²) in [5.74, 6) is 0.0815. The van der Waals surface area contributed by atoms with E-state index >= 15 is 0 Å². The summed E-state index contributed by atoms with van der Waals surface area (Å²) in [5, 5.41) is 9.05. The minimum atomic E-state index is -3.45. The molecule has 0 spiro atoms. The second-order valence-corrected chi connectivity index (χ2v) is 7.70. The highest BCUT2D eigenvalue weighted by Gasteiger charge is 2.38. The first-order valence-corrected chi connectivity index (χ1v) is 8.33. The number of rotatable bonds is 3. The van der Waals surface area contributed by atoms with Gasteiger partial charge in [-0.3, -0.25) is 0 Å². The van der Waals surface area contributed by atoms with Gasteiger partial charge in [-0.05, 0) is 62.4 Å². The van der Waals surface area contributed by atoms with Gasteiger partial charge in [-0.2, -0.15) is 4.31 Å². The summed E-state index contributed by atoms with van der Waals surface area (Å²) in [6.07, 6.45) is 0. The van der Waals surface area contributed by atoms with Crippen molar-refractivity contribution in [3.05, 3.63) is 27.8 Å². The van der Waals surface area contributed by atoms with Gasteiger partial charge < -0.3 is 5.11 Å². The topological polar surface area (TPSA) is 57.6 Å². The zero-order chi connectivity index (χ0) is 15.2. The van der Waals surface area contributed by atoms with Gasteiger partial charge in [-0.15, -0.1) is 0 Å². The van der Waals surface area contributed by atoms with E-state index in [1.54, 1.807) is 0 Å². The van der Waals surface area contributed by atoms with Crippen molar-refractivity contribution in [2.75, 3.05) is 19.7 Å². The van der Waals surface area contributed by atoms with Crippen molar-refractivity contribution in [1.29, 1.82) is 0 Å². The third kappa shape index (κ3) is 2.18. The Morgan fingerprint density at radius 3 is 1.75 bits per heavy atom. The van der Waals surface area contributed by atoms with E-state index in [1.165, 1.54) is 4.31 Å². The maximum absolute atomic E-state index is 12.8. The number of hydrogen-bond acceptors (Lipinski definition) is 3. The van der Waals surface area contributed by atoms with Gasteiger partial charge in [0.05, 0.1) is 4.90 Å². The predicted octanol–water partition coefficient (Wildman–Crippen LogP) is 1.84. The molecule has 0 amide bonds. The number of aliphatic hydroxyl groups is 1. The van der Waals surface area contributed by atoms with E-state index in [0.29, 0.717) is 18.0 Å². The van der Waals surface area contributed by atoms with Crippen molar-refractivity contribution in [3.8, 4) is 0 Å².